The Kier molecular flexibility index (Phi) is 5.14. The van der Waals surface area contributed by atoms with Crippen molar-refractivity contribution in [1.29, 1.82) is 0 Å². The third-order valence-electron chi connectivity index (χ3n) is 3.21. The first kappa shape index (κ1) is 15.3. The molecule has 0 spiro atoms. The summed E-state index contributed by atoms with van der Waals surface area (Å²) in [5.41, 5.74) is 1.01. The molecule has 0 fully saturated rings. The molecule has 0 unspecified atom stereocenters. The van der Waals surface area contributed by atoms with Crippen molar-refractivity contribution in [2.75, 3.05) is 17.2 Å². The minimum atomic E-state index is 0.520. The quantitative estimate of drug-likeness (QED) is 0.816. The van der Waals surface area contributed by atoms with Crippen LogP contribution in [0.15, 0.2) is 10.6 Å². The van der Waals surface area contributed by atoms with E-state index in [1.165, 1.54) is 0 Å². The first-order chi connectivity index (χ1) is 10.2. The zero-order chi connectivity index (χ0) is 15.2. The Labute approximate surface area is 125 Å². The second-order valence-electron chi connectivity index (χ2n) is 4.77. The highest BCUT2D eigenvalue weighted by Gasteiger charge is 2.10. The molecule has 0 saturated heterocycles. The number of rotatable bonds is 7. The summed E-state index contributed by atoms with van der Waals surface area (Å²) in [5, 5.41) is 6.56. The molecule has 6 nitrogen and oxygen atoms in total. The highest BCUT2D eigenvalue weighted by atomic mass is 16.4. The van der Waals surface area contributed by atoms with Crippen LogP contribution < -0.4 is 10.6 Å². The third-order valence-corrected chi connectivity index (χ3v) is 3.21. The summed E-state index contributed by atoms with van der Waals surface area (Å²) in [5.74, 6) is 4.10. The number of hydrogen-bond donors (Lipinski definition) is 2. The van der Waals surface area contributed by atoms with Gasteiger partial charge in [-0.1, -0.05) is 13.8 Å². The molecule has 2 aromatic rings. The molecular weight excluding hydrogens is 266 g/mol. The zero-order valence-corrected chi connectivity index (χ0v) is 13.2. The van der Waals surface area contributed by atoms with Gasteiger partial charge in [-0.25, -0.2) is 15.0 Å². The molecule has 0 bridgehead atoms. The average Bonchev–Trinajstić information content (AvgIpc) is 2.96. The van der Waals surface area contributed by atoms with Crippen molar-refractivity contribution in [3.8, 4) is 0 Å². The molecule has 2 N–H and O–H groups in total. The molecule has 0 saturated carbocycles. The fraction of sp³-hybridized carbons (Fsp3) is 0.533. The maximum atomic E-state index is 5.60. The van der Waals surface area contributed by atoms with Crippen LogP contribution in [-0.4, -0.2) is 21.5 Å². The summed E-state index contributed by atoms with van der Waals surface area (Å²) in [4.78, 5) is 13.3. The van der Waals surface area contributed by atoms with Crippen LogP contribution >= 0.6 is 0 Å². The van der Waals surface area contributed by atoms with Crippen LogP contribution in [0.4, 0.5) is 11.6 Å². The van der Waals surface area contributed by atoms with Crippen LogP contribution in [0.25, 0.3) is 0 Å². The summed E-state index contributed by atoms with van der Waals surface area (Å²) in [7, 11) is 0. The lowest BCUT2D eigenvalue weighted by molar-refractivity contribution is 0.465. The second kappa shape index (κ2) is 7.06. The summed E-state index contributed by atoms with van der Waals surface area (Å²) in [6, 6.07) is 0. The average molecular weight is 289 g/mol. The number of oxazole rings is 1. The van der Waals surface area contributed by atoms with Gasteiger partial charge >= 0.3 is 0 Å². The van der Waals surface area contributed by atoms with Gasteiger partial charge in [0, 0.05) is 24.9 Å². The van der Waals surface area contributed by atoms with E-state index >= 15 is 0 Å². The van der Waals surface area contributed by atoms with Crippen molar-refractivity contribution in [1.82, 2.24) is 15.0 Å². The molecule has 0 aliphatic rings. The molecule has 6 heteroatoms. The Hall–Kier alpha value is -2.11. The summed E-state index contributed by atoms with van der Waals surface area (Å²) < 4.78 is 5.60. The molecule has 0 radical (unpaired) electrons. The normalized spacial score (nSPS) is 10.7. The maximum absolute atomic E-state index is 5.60. The Balaban J connectivity index is 2.16. The fourth-order valence-electron chi connectivity index (χ4n) is 1.99. The summed E-state index contributed by atoms with van der Waals surface area (Å²) >= 11 is 0. The minimum Gasteiger partial charge on any atom is -0.444 e. The van der Waals surface area contributed by atoms with Crippen LogP contribution in [0.1, 0.15) is 43.8 Å². The van der Waals surface area contributed by atoms with Gasteiger partial charge in [0.25, 0.3) is 0 Å². The number of hydrogen-bond acceptors (Lipinski definition) is 6. The van der Waals surface area contributed by atoms with Gasteiger partial charge in [0.05, 0.1) is 12.7 Å². The van der Waals surface area contributed by atoms with E-state index < -0.39 is 0 Å². The predicted octanol–water partition coefficient (Wildman–Crippen LogP) is 2.94. The molecule has 2 aromatic heterocycles. The topological polar surface area (TPSA) is 75.9 Å². The molecule has 2 heterocycles. The largest absolute Gasteiger partial charge is 0.444 e. The van der Waals surface area contributed by atoms with Crippen LogP contribution in [0, 0.1) is 6.92 Å². The van der Waals surface area contributed by atoms with Crippen LogP contribution in [0.3, 0.4) is 0 Å². The van der Waals surface area contributed by atoms with Gasteiger partial charge in [-0.15, -0.1) is 0 Å². The van der Waals surface area contributed by atoms with Gasteiger partial charge in [0.1, 0.15) is 23.2 Å². The lowest BCUT2D eigenvalue weighted by Gasteiger charge is -2.13. The fourth-order valence-corrected chi connectivity index (χ4v) is 1.99. The molecule has 0 atom stereocenters. The van der Waals surface area contributed by atoms with Gasteiger partial charge in [-0.2, -0.15) is 0 Å². The predicted molar refractivity (Wildman–Crippen MR) is 83.5 cm³/mol. The van der Waals surface area contributed by atoms with Crippen LogP contribution in [0.5, 0.6) is 0 Å². The first-order valence-electron chi connectivity index (χ1n) is 7.46. The van der Waals surface area contributed by atoms with E-state index in [1.54, 1.807) is 6.20 Å². The number of nitrogens with one attached hydrogen (secondary N) is 2. The SMILES string of the molecule is CCNc1nc(CC)nc(NCc2ncc(CC)o2)c1C. The lowest BCUT2D eigenvalue weighted by atomic mass is 10.3. The molecule has 114 valence electrons. The number of aryl methyl sites for hydroxylation is 2. The zero-order valence-electron chi connectivity index (χ0n) is 13.2. The Bertz CT molecular complexity index is 594. The van der Waals surface area contributed by atoms with Crippen LogP contribution in [0.2, 0.25) is 0 Å². The molecule has 0 aliphatic heterocycles. The van der Waals surface area contributed by atoms with E-state index in [0.29, 0.717) is 12.4 Å². The van der Waals surface area contributed by atoms with Crippen molar-refractivity contribution in [2.24, 2.45) is 0 Å². The monoisotopic (exact) mass is 289 g/mol. The third kappa shape index (κ3) is 3.71. The van der Waals surface area contributed by atoms with Crippen molar-refractivity contribution < 1.29 is 4.42 Å². The van der Waals surface area contributed by atoms with E-state index in [-0.39, 0.29) is 0 Å². The smallest absolute Gasteiger partial charge is 0.213 e. The van der Waals surface area contributed by atoms with Crippen molar-refractivity contribution in [3.63, 3.8) is 0 Å². The highest BCUT2D eigenvalue weighted by molar-refractivity contribution is 5.57. The van der Waals surface area contributed by atoms with E-state index in [4.69, 9.17) is 4.42 Å². The molecule has 0 aliphatic carbocycles. The molecule has 0 amide bonds. The van der Waals surface area contributed by atoms with Gasteiger partial charge in [0.15, 0.2) is 0 Å². The highest BCUT2D eigenvalue weighted by Crippen LogP contribution is 2.20. The molecular formula is C15H23N5O. The Morgan fingerprint density at radius 3 is 2.33 bits per heavy atom. The Morgan fingerprint density at radius 2 is 1.76 bits per heavy atom. The van der Waals surface area contributed by atoms with Crippen LogP contribution in [-0.2, 0) is 19.4 Å². The second-order valence-corrected chi connectivity index (χ2v) is 4.77. The van der Waals surface area contributed by atoms with Gasteiger partial charge in [-0.05, 0) is 13.8 Å². The van der Waals surface area contributed by atoms with Gasteiger partial charge in [0.2, 0.25) is 5.89 Å². The van der Waals surface area contributed by atoms with Crippen molar-refractivity contribution in [3.05, 3.63) is 29.2 Å². The van der Waals surface area contributed by atoms with E-state index in [0.717, 1.165) is 48.2 Å². The van der Waals surface area contributed by atoms with Gasteiger partial charge in [-0.3, -0.25) is 0 Å². The minimum absolute atomic E-state index is 0.520. The lowest BCUT2D eigenvalue weighted by Crippen LogP contribution is -2.11. The molecule has 2 rings (SSSR count). The van der Waals surface area contributed by atoms with E-state index in [1.807, 2.05) is 20.8 Å². The van der Waals surface area contributed by atoms with Gasteiger partial charge < -0.3 is 15.1 Å². The van der Waals surface area contributed by atoms with E-state index in [9.17, 15) is 0 Å². The number of anilines is 2. The number of aromatic nitrogens is 3. The Morgan fingerprint density at radius 1 is 1.05 bits per heavy atom. The molecule has 21 heavy (non-hydrogen) atoms. The van der Waals surface area contributed by atoms with Crippen molar-refractivity contribution >= 4 is 11.6 Å². The molecule has 0 aromatic carbocycles. The van der Waals surface area contributed by atoms with E-state index in [2.05, 4.69) is 32.5 Å². The number of nitrogens with zero attached hydrogens (tertiary/aromatic N) is 3. The maximum Gasteiger partial charge on any atom is 0.213 e. The summed E-state index contributed by atoms with van der Waals surface area (Å²) in [6.07, 6.45) is 3.42. The van der Waals surface area contributed by atoms with Crippen molar-refractivity contribution in [2.45, 2.75) is 47.1 Å². The standard InChI is InChI=1S/C15H23N5O/c1-5-11-8-17-13(21-11)9-18-15-10(4)14(16-7-3)19-12(6-2)20-15/h8H,5-7,9H2,1-4H3,(H2,16,18,19,20). The first-order valence-corrected chi connectivity index (χ1v) is 7.46. The summed E-state index contributed by atoms with van der Waals surface area (Å²) in [6.45, 7) is 9.51.